The van der Waals surface area contributed by atoms with Crippen molar-refractivity contribution in [2.75, 3.05) is 31.4 Å². The Hall–Kier alpha value is -3.29. The third kappa shape index (κ3) is 5.37. The molecular weight excluding hydrogens is 338 g/mol. The molecule has 0 bridgehead atoms. The highest BCUT2D eigenvalue weighted by molar-refractivity contribution is 5.92. The Kier molecular flexibility index (Phi) is 6.78. The van der Waals surface area contributed by atoms with Crippen molar-refractivity contribution in [2.45, 2.75) is 12.8 Å². The van der Waals surface area contributed by atoms with Crippen molar-refractivity contribution in [1.29, 1.82) is 0 Å². The lowest BCUT2D eigenvalue weighted by atomic mass is 10.2. The van der Waals surface area contributed by atoms with Crippen LogP contribution >= 0.6 is 0 Å². The third-order valence-electron chi connectivity index (χ3n) is 3.67. The van der Waals surface area contributed by atoms with Gasteiger partial charge in [-0.3, -0.25) is 14.9 Å². The minimum Gasteiger partial charge on any atom is -0.497 e. The number of benzene rings is 2. The summed E-state index contributed by atoms with van der Waals surface area (Å²) >= 11 is 0. The van der Waals surface area contributed by atoms with E-state index in [0.29, 0.717) is 36.6 Å². The van der Waals surface area contributed by atoms with Gasteiger partial charge in [-0.15, -0.1) is 0 Å². The van der Waals surface area contributed by atoms with Gasteiger partial charge in [0.15, 0.2) is 0 Å². The molecule has 26 heavy (non-hydrogen) atoms. The van der Waals surface area contributed by atoms with Crippen molar-refractivity contribution in [1.82, 2.24) is 0 Å². The first-order valence-corrected chi connectivity index (χ1v) is 8.03. The van der Waals surface area contributed by atoms with Crippen molar-refractivity contribution < 1.29 is 19.2 Å². The fraction of sp³-hybridized carbons (Fsp3) is 0.278. The summed E-state index contributed by atoms with van der Waals surface area (Å²) in [6.45, 7) is 0.574. The van der Waals surface area contributed by atoms with E-state index in [1.54, 1.807) is 37.4 Å². The number of methoxy groups -OCH3 is 2. The molecule has 0 aromatic heterocycles. The second-order valence-electron chi connectivity index (χ2n) is 5.45. The number of hydrogen-bond acceptors (Lipinski definition) is 6. The van der Waals surface area contributed by atoms with Crippen LogP contribution in [-0.4, -0.2) is 31.6 Å². The Morgan fingerprint density at radius 1 is 1.12 bits per heavy atom. The average molecular weight is 359 g/mol. The van der Waals surface area contributed by atoms with Gasteiger partial charge in [0.25, 0.3) is 5.69 Å². The van der Waals surface area contributed by atoms with Crippen molar-refractivity contribution in [3.8, 4) is 11.5 Å². The minimum absolute atomic E-state index is 0.0448. The molecule has 8 nitrogen and oxygen atoms in total. The maximum Gasteiger partial charge on any atom is 0.269 e. The summed E-state index contributed by atoms with van der Waals surface area (Å²) in [6, 6.07) is 11.3. The van der Waals surface area contributed by atoms with Crippen molar-refractivity contribution in [3.05, 3.63) is 52.6 Å². The lowest BCUT2D eigenvalue weighted by Crippen LogP contribution is -2.14. The standard InChI is InChI=1S/C18H21N3O5/c1-25-15-9-10-16(17(12-15)26-2)20-18(22)4-3-11-19-13-5-7-14(8-6-13)21(23)24/h5-10,12,19H,3-4,11H2,1-2H3,(H,20,22). The van der Waals surface area contributed by atoms with Gasteiger partial charge in [0.05, 0.1) is 24.8 Å². The van der Waals surface area contributed by atoms with Gasteiger partial charge in [-0.05, 0) is 30.7 Å². The van der Waals surface area contributed by atoms with E-state index >= 15 is 0 Å². The molecular formula is C18H21N3O5. The molecule has 2 aromatic rings. The maximum absolute atomic E-state index is 12.1. The van der Waals surface area contributed by atoms with Crippen molar-refractivity contribution in [2.24, 2.45) is 0 Å². The molecule has 0 aliphatic carbocycles. The van der Waals surface area contributed by atoms with Crippen LogP contribution in [-0.2, 0) is 4.79 Å². The van der Waals surface area contributed by atoms with Crippen LogP contribution in [0.4, 0.5) is 17.1 Å². The van der Waals surface area contributed by atoms with Crippen LogP contribution in [0.1, 0.15) is 12.8 Å². The molecule has 0 unspecified atom stereocenters. The predicted molar refractivity (Wildman–Crippen MR) is 99.0 cm³/mol. The van der Waals surface area contributed by atoms with E-state index in [4.69, 9.17) is 9.47 Å². The van der Waals surface area contributed by atoms with Crippen LogP contribution in [0, 0.1) is 10.1 Å². The SMILES string of the molecule is COc1ccc(NC(=O)CCCNc2ccc([N+](=O)[O-])cc2)c(OC)c1. The number of ether oxygens (including phenoxy) is 2. The number of nitro groups is 1. The topological polar surface area (TPSA) is 103 Å². The van der Waals surface area contributed by atoms with E-state index in [-0.39, 0.29) is 11.6 Å². The van der Waals surface area contributed by atoms with Crippen LogP contribution in [0.25, 0.3) is 0 Å². The van der Waals surface area contributed by atoms with Gasteiger partial charge >= 0.3 is 0 Å². The number of carbonyl (C=O) groups is 1. The van der Waals surface area contributed by atoms with E-state index in [9.17, 15) is 14.9 Å². The predicted octanol–water partition coefficient (Wildman–Crippen LogP) is 3.44. The Morgan fingerprint density at radius 2 is 1.85 bits per heavy atom. The summed E-state index contributed by atoms with van der Waals surface area (Å²) in [4.78, 5) is 22.2. The molecule has 0 saturated heterocycles. The maximum atomic E-state index is 12.1. The number of non-ortho nitro benzene ring substituents is 1. The summed E-state index contributed by atoms with van der Waals surface area (Å²) in [5, 5.41) is 16.5. The Bertz CT molecular complexity index is 762. The van der Waals surface area contributed by atoms with Gasteiger partial charge in [-0.1, -0.05) is 0 Å². The monoisotopic (exact) mass is 359 g/mol. The van der Waals surface area contributed by atoms with E-state index in [2.05, 4.69) is 10.6 Å². The Labute approximate surface area is 151 Å². The van der Waals surface area contributed by atoms with Crippen LogP contribution in [0.15, 0.2) is 42.5 Å². The zero-order chi connectivity index (χ0) is 18.9. The first kappa shape index (κ1) is 19.0. The summed E-state index contributed by atoms with van der Waals surface area (Å²) < 4.78 is 10.4. The number of carbonyl (C=O) groups excluding carboxylic acids is 1. The van der Waals surface area contributed by atoms with E-state index in [1.807, 2.05) is 0 Å². The van der Waals surface area contributed by atoms with E-state index in [1.165, 1.54) is 19.2 Å². The fourth-order valence-electron chi connectivity index (χ4n) is 2.30. The highest BCUT2D eigenvalue weighted by Gasteiger charge is 2.09. The first-order valence-electron chi connectivity index (χ1n) is 8.03. The summed E-state index contributed by atoms with van der Waals surface area (Å²) in [5.74, 6) is 1.05. The molecule has 0 aliphatic heterocycles. The number of nitrogens with zero attached hydrogens (tertiary/aromatic N) is 1. The third-order valence-corrected chi connectivity index (χ3v) is 3.67. The van der Waals surface area contributed by atoms with Gasteiger partial charge in [-0.2, -0.15) is 0 Å². The molecule has 0 saturated carbocycles. The molecule has 0 radical (unpaired) electrons. The number of rotatable bonds is 9. The lowest BCUT2D eigenvalue weighted by molar-refractivity contribution is -0.384. The first-order chi connectivity index (χ1) is 12.5. The average Bonchev–Trinajstić information content (AvgIpc) is 2.66. The van der Waals surface area contributed by atoms with Gasteiger partial charge < -0.3 is 20.1 Å². The second kappa shape index (κ2) is 9.26. The Morgan fingerprint density at radius 3 is 2.46 bits per heavy atom. The van der Waals surface area contributed by atoms with Crippen LogP contribution in [0.2, 0.25) is 0 Å². The fourth-order valence-corrected chi connectivity index (χ4v) is 2.30. The molecule has 2 N–H and O–H groups in total. The molecule has 0 aliphatic rings. The molecule has 138 valence electrons. The molecule has 0 atom stereocenters. The molecule has 0 heterocycles. The smallest absolute Gasteiger partial charge is 0.269 e. The van der Waals surface area contributed by atoms with Crippen LogP contribution in [0.3, 0.4) is 0 Å². The zero-order valence-corrected chi connectivity index (χ0v) is 14.7. The molecule has 2 rings (SSSR count). The normalized spacial score (nSPS) is 10.1. The highest BCUT2D eigenvalue weighted by Crippen LogP contribution is 2.29. The second-order valence-corrected chi connectivity index (χ2v) is 5.45. The highest BCUT2D eigenvalue weighted by atomic mass is 16.6. The molecule has 1 amide bonds. The van der Waals surface area contributed by atoms with Gasteiger partial charge in [0.1, 0.15) is 11.5 Å². The van der Waals surface area contributed by atoms with Crippen LogP contribution in [0.5, 0.6) is 11.5 Å². The Balaban J connectivity index is 1.77. The summed E-state index contributed by atoms with van der Waals surface area (Å²) in [5.41, 5.74) is 1.40. The number of nitrogens with one attached hydrogen (secondary N) is 2. The number of anilines is 2. The summed E-state index contributed by atoms with van der Waals surface area (Å²) in [7, 11) is 3.09. The largest absolute Gasteiger partial charge is 0.497 e. The van der Waals surface area contributed by atoms with E-state index < -0.39 is 4.92 Å². The van der Waals surface area contributed by atoms with E-state index in [0.717, 1.165) is 5.69 Å². The number of amides is 1. The van der Waals surface area contributed by atoms with Crippen molar-refractivity contribution in [3.63, 3.8) is 0 Å². The molecule has 2 aromatic carbocycles. The van der Waals surface area contributed by atoms with Gasteiger partial charge in [0.2, 0.25) is 5.91 Å². The zero-order valence-electron chi connectivity index (χ0n) is 14.7. The van der Waals surface area contributed by atoms with Gasteiger partial charge in [-0.25, -0.2) is 0 Å². The number of nitro benzene ring substituents is 1. The van der Waals surface area contributed by atoms with Crippen LogP contribution < -0.4 is 20.1 Å². The molecule has 8 heteroatoms. The summed E-state index contributed by atoms with van der Waals surface area (Å²) in [6.07, 6.45) is 0.941. The lowest BCUT2D eigenvalue weighted by Gasteiger charge is -2.12. The quantitative estimate of drug-likeness (QED) is 0.404. The molecule has 0 spiro atoms. The molecule has 0 fully saturated rings. The number of hydrogen-bond donors (Lipinski definition) is 2. The minimum atomic E-state index is -0.443. The van der Waals surface area contributed by atoms with Gasteiger partial charge in [0, 0.05) is 36.9 Å². The van der Waals surface area contributed by atoms with Crippen molar-refractivity contribution >= 4 is 23.0 Å².